The van der Waals surface area contributed by atoms with Crippen molar-refractivity contribution in [2.24, 2.45) is 0 Å². The molecule has 108 valence electrons. The monoisotopic (exact) mass is 366 g/mol. The van der Waals surface area contributed by atoms with Crippen LogP contribution in [-0.4, -0.2) is 22.0 Å². The minimum Gasteiger partial charge on any atom is -0.478 e. The molecule has 0 aliphatic heterocycles. The van der Waals surface area contributed by atoms with Crippen LogP contribution in [-0.2, 0) is 9.59 Å². The fourth-order valence-corrected chi connectivity index (χ4v) is 2.51. The maximum Gasteiger partial charge on any atom is 0.328 e. The van der Waals surface area contributed by atoms with Crippen LogP contribution in [0.5, 0.6) is 0 Å². The van der Waals surface area contributed by atoms with E-state index in [0.29, 0.717) is 5.13 Å². The lowest BCUT2D eigenvalue weighted by Gasteiger charge is -2.00. The molecule has 2 rings (SSSR count). The fourth-order valence-electron chi connectivity index (χ4n) is 1.53. The Kier molecular flexibility index (Phi) is 4.87. The largest absolute Gasteiger partial charge is 0.478 e. The first-order valence-electron chi connectivity index (χ1n) is 5.90. The summed E-state index contributed by atoms with van der Waals surface area (Å²) in [5.74, 6) is -1.63. The molecule has 5 nitrogen and oxygen atoms in total. The summed E-state index contributed by atoms with van der Waals surface area (Å²) in [5.41, 5.74) is 1.80. The highest BCUT2D eigenvalue weighted by Gasteiger charge is 2.10. The van der Waals surface area contributed by atoms with Crippen molar-refractivity contribution in [3.63, 3.8) is 0 Å². The van der Waals surface area contributed by atoms with Crippen LogP contribution in [0.25, 0.3) is 11.3 Å². The van der Waals surface area contributed by atoms with Gasteiger partial charge in [0.25, 0.3) is 5.91 Å². The Morgan fingerprint density at radius 2 is 2.00 bits per heavy atom. The summed E-state index contributed by atoms with van der Waals surface area (Å²) >= 11 is 4.65. The lowest BCUT2D eigenvalue weighted by atomic mass is 10.2. The van der Waals surface area contributed by atoms with Gasteiger partial charge in [0.2, 0.25) is 0 Å². The van der Waals surface area contributed by atoms with Gasteiger partial charge in [0.05, 0.1) is 5.69 Å². The Morgan fingerprint density at radius 1 is 1.33 bits per heavy atom. The molecular weight excluding hydrogens is 356 g/mol. The van der Waals surface area contributed by atoms with E-state index in [1.165, 1.54) is 18.3 Å². The maximum atomic E-state index is 11.8. The summed E-state index contributed by atoms with van der Waals surface area (Å²) in [5, 5.41) is 13.4. The minimum absolute atomic E-state index is 0.114. The number of carboxylic acid groups (broad SMARTS) is 1. The zero-order valence-corrected chi connectivity index (χ0v) is 13.4. The normalized spacial score (nSPS) is 11.2. The fraction of sp³-hybridized carbons (Fsp3) is 0.0714. The van der Waals surface area contributed by atoms with Gasteiger partial charge in [-0.15, -0.1) is 11.3 Å². The number of halogens is 1. The first-order chi connectivity index (χ1) is 9.95. The number of thiazole rings is 1. The molecule has 2 aromatic rings. The van der Waals surface area contributed by atoms with E-state index in [-0.39, 0.29) is 5.57 Å². The van der Waals surface area contributed by atoms with Crippen LogP contribution in [0.3, 0.4) is 0 Å². The van der Waals surface area contributed by atoms with Crippen molar-refractivity contribution < 1.29 is 14.7 Å². The number of carbonyl (C=O) groups is 2. The van der Waals surface area contributed by atoms with Gasteiger partial charge in [0.15, 0.2) is 5.13 Å². The molecule has 21 heavy (non-hydrogen) atoms. The first kappa shape index (κ1) is 15.4. The summed E-state index contributed by atoms with van der Waals surface area (Å²) < 4.78 is 0.976. The summed E-state index contributed by atoms with van der Waals surface area (Å²) in [6.07, 6.45) is 0.860. The van der Waals surface area contributed by atoms with Gasteiger partial charge < -0.3 is 5.11 Å². The maximum absolute atomic E-state index is 11.8. The number of hydrogen-bond donors (Lipinski definition) is 2. The second-order valence-electron chi connectivity index (χ2n) is 4.16. The molecule has 0 aliphatic rings. The first-order valence-corrected chi connectivity index (χ1v) is 7.57. The molecule has 0 saturated carbocycles. The van der Waals surface area contributed by atoms with Gasteiger partial charge in [-0.2, -0.15) is 0 Å². The van der Waals surface area contributed by atoms with E-state index in [1.54, 1.807) is 0 Å². The van der Waals surface area contributed by atoms with Crippen molar-refractivity contribution in [2.75, 3.05) is 5.32 Å². The molecule has 0 unspecified atom stereocenters. The number of aromatic nitrogens is 1. The Balaban J connectivity index is 2.12. The van der Waals surface area contributed by atoms with Gasteiger partial charge in [0, 0.05) is 27.1 Å². The van der Waals surface area contributed by atoms with E-state index in [2.05, 4.69) is 26.2 Å². The zero-order chi connectivity index (χ0) is 15.4. The third-order valence-corrected chi connectivity index (χ3v) is 3.85. The van der Waals surface area contributed by atoms with E-state index in [4.69, 9.17) is 5.11 Å². The number of carbonyl (C=O) groups excluding carboxylic acids is 1. The van der Waals surface area contributed by atoms with Crippen molar-refractivity contribution in [1.29, 1.82) is 0 Å². The molecule has 0 radical (unpaired) electrons. The summed E-state index contributed by atoms with van der Waals surface area (Å²) in [6.45, 7) is 1.44. The number of amides is 1. The highest BCUT2D eigenvalue weighted by molar-refractivity contribution is 9.10. The Morgan fingerprint density at radius 3 is 2.62 bits per heavy atom. The van der Waals surface area contributed by atoms with E-state index in [1.807, 2.05) is 29.6 Å². The van der Waals surface area contributed by atoms with Crippen LogP contribution in [0.1, 0.15) is 6.92 Å². The highest BCUT2D eigenvalue weighted by atomic mass is 79.9. The van der Waals surface area contributed by atoms with Gasteiger partial charge in [-0.25, -0.2) is 9.78 Å². The number of anilines is 1. The number of rotatable bonds is 4. The molecule has 1 aromatic carbocycles. The van der Waals surface area contributed by atoms with Crippen LogP contribution in [0, 0.1) is 0 Å². The molecule has 1 amide bonds. The second kappa shape index (κ2) is 6.64. The van der Waals surface area contributed by atoms with Crippen LogP contribution in [0.15, 0.2) is 45.8 Å². The standard InChI is InChI=1S/C14H11BrN2O3S/c1-8(6-12(18)19)13(20)17-14-16-11(7-21-14)9-2-4-10(15)5-3-9/h2-7H,1H3,(H,18,19)(H,16,17,20)/b8-6-. The predicted octanol–water partition coefficient (Wildman–Crippen LogP) is 3.54. The minimum atomic E-state index is -1.16. The van der Waals surface area contributed by atoms with Crippen LogP contribution in [0.2, 0.25) is 0 Å². The van der Waals surface area contributed by atoms with Crippen LogP contribution >= 0.6 is 27.3 Å². The second-order valence-corrected chi connectivity index (χ2v) is 5.94. The van der Waals surface area contributed by atoms with Gasteiger partial charge in [0.1, 0.15) is 0 Å². The average molecular weight is 367 g/mol. The number of aliphatic carboxylic acids is 1. The molecular formula is C14H11BrN2O3S. The molecule has 1 heterocycles. The lowest BCUT2D eigenvalue weighted by Crippen LogP contribution is -2.13. The molecule has 0 aliphatic carbocycles. The number of hydrogen-bond acceptors (Lipinski definition) is 4. The van der Waals surface area contributed by atoms with Crippen molar-refractivity contribution >= 4 is 44.3 Å². The van der Waals surface area contributed by atoms with Crippen molar-refractivity contribution in [3.05, 3.63) is 45.8 Å². The molecule has 0 atom stereocenters. The van der Waals surface area contributed by atoms with Crippen LogP contribution < -0.4 is 5.32 Å². The van der Waals surface area contributed by atoms with E-state index >= 15 is 0 Å². The third kappa shape index (κ3) is 4.24. The molecule has 0 saturated heterocycles. The molecule has 2 N–H and O–H groups in total. The van der Waals surface area contributed by atoms with Gasteiger partial charge in [-0.1, -0.05) is 28.1 Å². The number of benzene rings is 1. The van der Waals surface area contributed by atoms with Gasteiger partial charge >= 0.3 is 5.97 Å². The Labute approximate surface area is 133 Å². The zero-order valence-electron chi connectivity index (χ0n) is 11.0. The van der Waals surface area contributed by atoms with Gasteiger partial charge in [-0.3, -0.25) is 10.1 Å². The Bertz CT molecular complexity index is 707. The lowest BCUT2D eigenvalue weighted by molar-refractivity contribution is -0.131. The quantitative estimate of drug-likeness (QED) is 0.811. The predicted molar refractivity (Wildman–Crippen MR) is 85.3 cm³/mol. The smallest absolute Gasteiger partial charge is 0.328 e. The molecule has 7 heteroatoms. The van der Waals surface area contributed by atoms with Gasteiger partial charge in [-0.05, 0) is 19.1 Å². The van der Waals surface area contributed by atoms with Crippen molar-refractivity contribution in [1.82, 2.24) is 4.98 Å². The number of nitrogens with one attached hydrogen (secondary N) is 1. The topological polar surface area (TPSA) is 79.3 Å². The summed E-state index contributed by atoms with van der Waals surface area (Å²) in [7, 11) is 0. The number of carboxylic acids is 1. The Hall–Kier alpha value is -1.99. The summed E-state index contributed by atoms with van der Waals surface area (Å²) in [6, 6.07) is 7.65. The number of nitrogens with zero attached hydrogens (tertiary/aromatic N) is 1. The van der Waals surface area contributed by atoms with E-state index < -0.39 is 11.9 Å². The van der Waals surface area contributed by atoms with Crippen molar-refractivity contribution in [3.8, 4) is 11.3 Å². The molecule has 0 spiro atoms. The SMILES string of the molecule is C/C(=C/C(=O)O)C(=O)Nc1nc(-c2ccc(Br)cc2)cs1. The third-order valence-electron chi connectivity index (χ3n) is 2.56. The van der Waals surface area contributed by atoms with Crippen LogP contribution in [0.4, 0.5) is 5.13 Å². The van der Waals surface area contributed by atoms with Crippen molar-refractivity contribution in [2.45, 2.75) is 6.92 Å². The molecule has 1 aromatic heterocycles. The summed E-state index contributed by atoms with van der Waals surface area (Å²) in [4.78, 5) is 26.6. The average Bonchev–Trinajstić information content (AvgIpc) is 2.87. The molecule has 0 fully saturated rings. The highest BCUT2D eigenvalue weighted by Crippen LogP contribution is 2.26. The van der Waals surface area contributed by atoms with E-state index in [9.17, 15) is 9.59 Å². The van der Waals surface area contributed by atoms with E-state index in [0.717, 1.165) is 21.8 Å². The molecule has 0 bridgehead atoms.